The first-order valence-corrected chi connectivity index (χ1v) is 7.39. The lowest BCUT2D eigenvalue weighted by Crippen LogP contribution is -2.21. The van der Waals surface area contributed by atoms with Gasteiger partial charge in [0.25, 0.3) is 0 Å². The number of aromatic nitrogens is 2. The quantitative estimate of drug-likeness (QED) is 0.873. The predicted octanol–water partition coefficient (Wildman–Crippen LogP) is 4.18. The van der Waals surface area contributed by atoms with Crippen LogP contribution in [0.1, 0.15) is 19.4 Å². The Bertz CT molecular complexity index is 575. The van der Waals surface area contributed by atoms with Crippen LogP contribution in [-0.2, 0) is 6.54 Å². The molecular weight excluding hydrogens is 342 g/mol. The van der Waals surface area contributed by atoms with Crippen molar-refractivity contribution in [3.05, 3.63) is 45.7 Å². The molecule has 2 aromatic rings. The molecule has 4 nitrogen and oxygen atoms in total. The summed E-state index contributed by atoms with van der Waals surface area (Å²) in [5.74, 6) is 0.522. The molecule has 6 heteroatoms. The molecule has 1 heterocycles. The zero-order valence-electron chi connectivity index (χ0n) is 11.2. The molecule has 1 aromatic carbocycles. The summed E-state index contributed by atoms with van der Waals surface area (Å²) < 4.78 is 6.45. The van der Waals surface area contributed by atoms with E-state index in [2.05, 4.69) is 45.1 Å². The summed E-state index contributed by atoms with van der Waals surface area (Å²) in [6, 6.07) is 6.07. The second-order valence-corrected chi connectivity index (χ2v) is 5.91. The standard InChI is InChI=1S/C14H15BrClN3O/c1-9(2)17-6-10-7-18-14(19-8-10)20-13-5-11(15)3-4-12(13)16/h3-5,7-9,17H,6H2,1-2H3. The van der Waals surface area contributed by atoms with E-state index in [9.17, 15) is 0 Å². The van der Waals surface area contributed by atoms with Gasteiger partial charge < -0.3 is 10.1 Å². The van der Waals surface area contributed by atoms with Crippen molar-refractivity contribution in [2.75, 3.05) is 0 Å². The summed E-state index contributed by atoms with van der Waals surface area (Å²) in [5.41, 5.74) is 1.01. The van der Waals surface area contributed by atoms with Gasteiger partial charge in [0.1, 0.15) is 0 Å². The fraction of sp³-hybridized carbons (Fsp3) is 0.286. The van der Waals surface area contributed by atoms with Crippen LogP contribution >= 0.6 is 27.5 Å². The molecule has 2 rings (SSSR count). The van der Waals surface area contributed by atoms with Crippen LogP contribution in [0.25, 0.3) is 0 Å². The zero-order valence-corrected chi connectivity index (χ0v) is 13.6. The Morgan fingerprint density at radius 1 is 1.30 bits per heavy atom. The first-order valence-electron chi connectivity index (χ1n) is 6.22. The van der Waals surface area contributed by atoms with E-state index in [1.807, 2.05) is 6.07 Å². The number of nitrogens with zero attached hydrogens (tertiary/aromatic N) is 2. The van der Waals surface area contributed by atoms with Crippen LogP contribution < -0.4 is 10.1 Å². The Morgan fingerprint density at radius 2 is 2.00 bits per heavy atom. The molecule has 0 saturated heterocycles. The van der Waals surface area contributed by atoms with Gasteiger partial charge in [-0.15, -0.1) is 0 Å². The first-order chi connectivity index (χ1) is 9.54. The van der Waals surface area contributed by atoms with Gasteiger partial charge in [0.05, 0.1) is 5.02 Å². The number of hydrogen-bond donors (Lipinski definition) is 1. The molecule has 0 unspecified atom stereocenters. The van der Waals surface area contributed by atoms with Crippen LogP contribution in [0.5, 0.6) is 11.8 Å². The summed E-state index contributed by atoms with van der Waals surface area (Å²) in [6.45, 7) is 4.91. The molecule has 20 heavy (non-hydrogen) atoms. The number of halogens is 2. The Hall–Kier alpha value is -1.17. The highest BCUT2D eigenvalue weighted by Gasteiger charge is 2.06. The molecule has 0 bridgehead atoms. The van der Waals surface area contributed by atoms with Crippen molar-refractivity contribution < 1.29 is 4.74 Å². The summed E-state index contributed by atoms with van der Waals surface area (Å²) in [7, 11) is 0. The third kappa shape index (κ3) is 4.44. The van der Waals surface area contributed by atoms with Crippen LogP contribution in [-0.4, -0.2) is 16.0 Å². The normalized spacial score (nSPS) is 10.8. The van der Waals surface area contributed by atoms with Gasteiger partial charge in [-0.1, -0.05) is 41.4 Å². The van der Waals surface area contributed by atoms with Crippen molar-refractivity contribution in [3.8, 4) is 11.8 Å². The summed E-state index contributed by atoms with van der Waals surface area (Å²) >= 11 is 9.42. The highest BCUT2D eigenvalue weighted by Crippen LogP contribution is 2.30. The van der Waals surface area contributed by atoms with Crippen LogP contribution in [0.15, 0.2) is 35.1 Å². The number of rotatable bonds is 5. The number of ether oxygens (including phenoxy) is 1. The van der Waals surface area contributed by atoms with Crippen molar-refractivity contribution in [3.63, 3.8) is 0 Å². The van der Waals surface area contributed by atoms with E-state index in [1.165, 1.54) is 0 Å². The van der Waals surface area contributed by atoms with E-state index in [4.69, 9.17) is 16.3 Å². The summed E-state index contributed by atoms with van der Waals surface area (Å²) in [5, 5.41) is 3.82. The molecule has 0 spiro atoms. The SMILES string of the molecule is CC(C)NCc1cnc(Oc2cc(Br)ccc2Cl)nc1. The second-order valence-electron chi connectivity index (χ2n) is 4.59. The molecule has 0 radical (unpaired) electrons. The maximum absolute atomic E-state index is 6.05. The van der Waals surface area contributed by atoms with E-state index in [0.717, 1.165) is 16.6 Å². The van der Waals surface area contributed by atoms with Crippen LogP contribution in [0.3, 0.4) is 0 Å². The van der Waals surface area contributed by atoms with Crippen molar-refractivity contribution in [1.29, 1.82) is 0 Å². The van der Waals surface area contributed by atoms with Gasteiger partial charge in [0.2, 0.25) is 0 Å². The lowest BCUT2D eigenvalue weighted by molar-refractivity contribution is 0.440. The van der Waals surface area contributed by atoms with Crippen LogP contribution in [0, 0.1) is 0 Å². The van der Waals surface area contributed by atoms with Crippen molar-refractivity contribution in [2.45, 2.75) is 26.4 Å². The van der Waals surface area contributed by atoms with Crippen molar-refractivity contribution in [2.24, 2.45) is 0 Å². The van der Waals surface area contributed by atoms with Gasteiger partial charge in [-0.25, -0.2) is 9.97 Å². The largest absolute Gasteiger partial charge is 0.423 e. The molecule has 0 aliphatic rings. The fourth-order valence-electron chi connectivity index (χ4n) is 1.46. The maximum Gasteiger partial charge on any atom is 0.321 e. The van der Waals surface area contributed by atoms with Gasteiger partial charge in [0, 0.05) is 35.0 Å². The molecule has 1 N–H and O–H groups in total. The summed E-state index contributed by atoms with van der Waals surface area (Å²) in [4.78, 5) is 8.35. The maximum atomic E-state index is 6.05. The highest BCUT2D eigenvalue weighted by atomic mass is 79.9. The van der Waals surface area contributed by atoms with Gasteiger partial charge in [0.15, 0.2) is 5.75 Å². The Balaban J connectivity index is 2.05. The molecule has 0 amide bonds. The number of nitrogens with one attached hydrogen (secondary N) is 1. The topological polar surface area (TPSA) is 47.0 Å². The minimum absolute atomic E-state index is 0.276. The Labute approximate surface area is 131 Å². The molecule has 0 atom stereocenters. The first kappa shape index (κ1) is 15.2. The van der Waals surface area contributed by atoms with E-state index < -0.39 is 0 Å². The molecule has 0 fully saturated rings. The molecular formula is C14H15BrClN3O. The van der Waals surface area contributed by atoms with Gasteiger partial charge in [-0.05, 0) is 18.2 Å². The lowest BCUT2D eigenvalue weighted by Gasteiger charge is -2.09. The third-order valence-electron chi connectivity index (χ3n) is 2.49. The van der Waals surface area contributed by atoms with E-state index in [0.29, 0.717) is 16.8 Å². The second kappa shape index (κ2) is 7.02. The molecule has 106 valence electrons. The molecule has 1 aromatic heterocycles. The Kier molecular flexibility index (Phi) is 5.34. The monoisotopic (exact) mass is 355 g/mol. The van der Waals surface area contributed by atoms with Crippen LogP contribution in [0.4, 0.5) is 0 Å². The van der Waals surface area contributed by atoms with Gasteiger partial charge in [-0.2, -0.15) is 0 Å². The number of benzene rings is 1. The lowest BCUT2D eigenvalue weighted by atomic mass is 10.3. The van der Waals surface area contributed by atoms with Crippen molar-refractivity contribution in [1.82, 2.24) is 15.3 Å². The average Bonchev–Trinajstić information content (AvgIpc) is 2.42. The molecule has 0 saturated carbocycles. The number of hydrogen-bond acceptors (Lipinski definition) is 4. The van der Waals surface area contributed by atoms with Gasteiger partial charge in [-0.3, -0.25) is 0 Å². The predicted molar refractivity (Wildman–Crippen MR) is 83.2 cm³/mol. The highest BCUT2D eigenvalue weighted by molar-refractivity contribution is 9.10. The minimum Gasteiger partial charge on any atom is -0.423 e. The molecule has 0 aliphatic heterocycles. The smallest absolute Gasteiger partial charge is 0.321 e. The summed E-state index contributed by atoms with van der Waals surface area (Å²) in [6.07, 6.45) is 3.48. The van der Waals surface area contributed by atoms with E-state index >= 15 is 0 Å². The fourth-order valence-corrected chi connectivity index (χ4v) is 1.96. The van der Waals surface area contributed by atoms with Crippen LogP contribution in [0.2, 0.25) is 5.02 Å². The van der Waals surface area contributed by atoms with E-state index in [-0.39, 0.29) is 6.01 Å². The average molecular weight is 357 g/mol. The zero-order chi connectivity index (χ0) is 14.5. The Morgan fingerprint density at radius 3 is 2.65 bits per heavy atom. The molecule has 0 aliphatic carbocycles. The minimum atomic E-state index is 0.276. The third-order valence-corrected chi connectivity index (χ3v) is 3.30. The van der Waals surface area contributed by atoms with Gasteiger partial charge >= 0.3 is 6.01 Å². The van der Waals surface area contributed by atoms with Crippen molar-refractivity contribution >= 4 is 27.5 Å². The van der Waals surface area contributed by atoms with E-state index in [1.54, 1.807) is 24.5 Å².